The van der Waals surface area contributed by atoms with Crippen LogP contribution in [0, 0.1) is 152 Å². The third-order valence-corrected chi connectivity index (χ3v) is 20.7. The van der Waals surface area contributed by atoms with Gasteiger partial charge >= 0.3 is 0 Å². The Hall–Kier alpha value is -9.78. The minimum atomic E-state index is -2.07. The molecule has 6 heterocycles. The van der Waals surface area contributed by atoms with Gasteiger partial charge in [-0.1, -0.05) is 84.9 Å². The predicted octanol–water partition coefficient (Wildman–Crippen LogP) is 19.9. The van der Waals surface area contributed by atoms with Crippen molar-refractivity contribution in [1.29, 1.82) is 0 Å². The molecule has 12 aromatic rings. The maximum atomic E-state index is 7.69. The first-order valence-electron chi connectivity index (χ1n) is 39.2. The molecule has 0 unspecified atom stereocenters. The molecule has 0 bridgehead atoms. The molecular formula is C94H116N6+6. The first-order chi connectivity index (χ1) is 50.9. The lowest BCUT2D eigenvalue weighted by molar-refractivity contribution is -0.667. The van der Waals surface area contributed by atoms with Crippen molar-refractivity contribution < 1.29 is 39.7 Å². The van der Waals surface area contributed by atoms with Gasteiger partial charge in [-0.2, -0.15) is 18.3 Å². The van der Waals surface area contributed by atoms with E-state index in [1.807, 2.05) is 137 Å². The van der Waals surface area contributed by atoms with Gasteiger partial charge in [-0.15, -0.1) is 0 Å². The van der Waals surface area contributed by atoms with Crippen molar-refractivity contribution in [1.82, 2.24) is 0 Å². The van der Waals surface area contributed by atoms with E-state index >= 15 is 0 Å². The first-order valence-corrected chi connectivity index (χ1v) is 34.7. The molecule has 6 aromatic carbocycles. The number of pyridine rings is 6. The Morgan fingerprint density at radius 1 is 0.210 bits per heavy atom. The number of hydrogen-bond donors (Lipinski definition) is 0. The highest BCUT2D eigenvalue weighted by Crippen LogP contribution is 2.30. The summed E-state index contributed by atoms with van der Waals surface area (Å²) in [7, 11) is 12.2. The van der Waals surface area contributed by atoms with Crippen molar-refractivity contribution in [3.63, 3.8) is 0 Å². The Bertz CT molecular complexity index is 5290. The van der Waals surface area contributed by atoms with Crippen LogP contribution in [0.25, 0.3) is 67.5 Å². The van der Waals surface area contributed by atoms with Crippen LogP contribution in [0.1, 0.15) is 135 Å². The highest BCUT2D eigenvalue weighted by atomic mass is 15.0. The van der Waals surface area contributed by atoms with Crippen LogP contribution in [-0.4, -0.2) is 0 Å². The summed E-state index contributed by atoms with van der Waals surface area (Å²) >= 11 is 0. The van der Waals surface area contributed by atoms with E-state index in [0.29, 0.717) is 16.7 Å². The van der Waals surface area contributed by atoms with Gasteiger partial charge < -0.3 is 0 Å². The minimum Gasteiger partial charge on any atom is -0.201 e. The second kappa shape index (κ2) is 34.3. The summed E-state index contributed by atoms with van der Waals surface area (Å²) in [5, 5.41) is 0. The second-order valence-corrected chi connectivity index (χ2v) is 27.2. The quantitative estimate of drug-likeness (QED) is 0.148. The van der Waals surface area contributed by atoms with Crippen LogP contribution in [0.15, 0.2) is 194 Å². The number of aromatic nitrogens is 6. The van der Waals surface area contributed by atoms with Crippen LogP contribution in [-0.2, 0) is 42.3 Å². The lowest BCUT2D eigenvalue weighted by Crippen LogP contribution is -2.36. The van der Waals surface area contributed by atoms with Gasteiger partial charge in [0, 0.05) is 143 Å². The molecule has 0 atom stereocenters. The zero-order valence-electron chi connectivity index (χ0n) is 73.7. The third-order valence-electron chi connectivity index (χ3n) is 20.7. The Labute approximate surface area is 616 Å². The third kappa shape index (κ3) is 17.8. The summed E-state index contributed by atoms with van der Waals surface area (Å²) in [4.78, 5) is 0. The molecule has 6 nitrogen and oxygen atoms in total. The molecular weight excluding hydrogens is 1210 g/mol. The largest absolute Gasteiger partial charge is 0.215 e. The lowest BCUT2D eigenvalue weighted by Gasteiger charge is -2.10. The summed E-state index contributed by atoms with van der Waals surface area (Å²) in [6.07, 6.45) is 4.08. The van der Waals surface area contributed by atoms with Crippen molar-refractivity contribution in [3.8, 4) is 67.5 Å². The van der Waals surface area contributed by atoms with E-state index in [-0.39, 0.29) is 0 Å². The molecule has 12 rings (SSSR count). The molecule has 0 fully saturated rings. The van der Waals surface area contributed by atoms with Gasteiger partial charge in [0.15, 0.2) is 35.2 Å². The van der Waals surface area contributed by atoms with Crippen molar-refractivity contribution in [3.05, 3.63) is 317 Å². The monoisotopic (exact) mass is 1340 g/mol. The Morgan fingerprint density at radius 2 is 0.550 bits per heavy atom. The van der Waals surface area contributed by atoms with E-state index in [9.17, 15) is 0 Å². The van der Waals surface area contributed by atoms with Gasteiger partial charge in [0.25, 0.3) is 0 Å². The SMILES string of the molecule is Cc1ccc(-c2cccc[n+]2C)c(C)c1C.Cc1ccccc1-c1c(C)cc(C)c(C)[n+]1C.Cc1ccccc1-c1cc(C)c(C)c(C)[n+]1C.[2H]C([2H])([2H])c1c(C)cc(-c2ccccc2C)[n+](C)c1C.[2H]C([2H])([2H])c1cc(C)c(-c2ccccc2C)[n+](C)c1C.[2H]C([2H])([2H])c1ccc(-c2cccc[n+]2C)c(C)c1C. The highest BCUT2D eigenvalue weighted by Gasteiger charge is 2.23. The van der Waals surface area contributed by atoms with E-state index in [0.717, 1.165) is 67.4 Å². The predicted molar refractivity (Wildman–Crippen MR) is 423 cm³/mol. The molecule has 0 spiro atoms. The molecule has 0 N–H and O–H groups in total. The minimum absolute atomic E-state index is 0.426. The first kappa shape index (κ1) is 64.9. The highest BCUT2D eigenvalue weighted by molar-refractivity contribution is 5.68. The van der Waals surface area contributed by atoms with Crippen molar-refractivity contribution in [2.24, 2.45) is 42.3 Å². The summed E-state index contributed by atoms with van der Waals surface area (Å²) < 4.78 is 81.4. The number of hydrogen-bond acceptors (Lipinski definition) is 0. The lowest BCUT2D eigenvalue weighted by atomic mass is 9.96. The summed E-state index contributed by atoms with van der Waals surface area (Å²) in [6, 6.07) is 62.1. The maximum absolute atomic E-state index is 7.69. The molecule has 0 radical (unpaired) electrons. The fourth-order valence-corrected chi connectivity index (χ4v) is 13.0. The normalized spacial score (nSPS) is 12.3. The molecule has 0 aliphatic heterocycles. The van der Waals surface area contributed by atoms with Crippen LogP contribution in [0.4, 0.5) is 0 Å². The average molecular weight is 1340 g/mol. The Balaban J connectivity index is 0.000000182. The Kier molecular flexibility index (Phi) is 22.3. The van der Waals surface area contributed by atoms with Crippen molar-refractivity contribution in [2.75, 3.05) is 0 Å². The summed E-state index contributed by atoms with van der Waals surface area (Å²) in [5.74, 6) is 0. The van der Waals surface area contributed by atoms with Crippen molar-refractivity contribution in [2.45, 2.75) is 152 Å². The molecule has 0 saturated carbocycles. The molecule has 0 aliphatic carbocycles. The number of nitrogens with zero attached hydrogens (tertiary/aromatic N) is 6. The van der Waals surface area contributed by atoms with Gasteiger partial charge in [0.2, 0.25) is 34.2 Å². The molecule has 516 valence electrons. The smallest absolute Gasteiger partial charge is 0.201 e. The topological polar surface area (TPSA) is 23.3 Å². The van der Waals surface area contributed by atoms with E-state index in [2.05, 4.69) is 246 Å². The zero-order valence-corrected chi connectivity index (χ0v) is 64.7. The Morgan fingerprint density at radius 3 is 0.940 bits per heavy atom. The fourth-order valence-electron chi connectivity index (χ4n) is 13.0. The fraction of sp³-hybridized carbons (Fsp3) is 0.298. The van der Waals surface area contributed by atoms with E-state index in [1.165, 1.54) is 106 Å². The molecule has 6 heteroatoms. The van der Waals surface area contributed by atoms with E-state index in [1.54, 1.807) is 12.1 Å². The number of rotatable bonds is 6. The van der Waals surface area contributed by atoms with Crippen LogP contribution in [0.3, 0.4) is 0 Å². The standard InChI is InChI=1S/4C16H20N.2C15H18N/c2*1-11-8-6-7-9-15(11)16-10-12(2)13(3)14(4)17(16)5;2*1-11-8-6-7-9-15(11)16-13(3)10-12(2)14(4)17(16)5;2*1-11-8-9-14(13(3)12(11)2)15-7-5-6-10-16(15)4/h4*6-10H,1-5H3;2*5-10H,1-4H3/q6*+1/i3D3;;2D3;;1D3;. The van der Waals surface area contributed by atoms with Gasteiger partial charge in [0.05, 0.1) is 0 Å². The van der Waals surface area contributed by atoms with Gasteiger partial charge in [0.1, 0.15) is 42.3 Å². The molecule has 6 aromatic heterocycles. The van der Waals surface area contributed by atoms with E-state index < -0.39 is 20.6 Å². The van der Waals surface area contributed by atoms with Gasteiger partial charge in [-0.3, -0.25) is 0 Å². The van der Waals surface area contributed by atoms with Crippen LogP contribution in [0.2, 0.25) is 0 Å². The average Bonchev–Trinajstić information content (AvgIpc) is 0.797. The van der Waals surface area contributed by atoms with Crippen LogP contribution >= 0.6 is 0 Å². The second-order valence-electron chi connectivity index (χ2n) is 27.2. The molecule has 0 saturated heterocycles. The summed E-state index contributed by atoms with van der Waals surface area (Å²) in [6.45, 7) is 33.4. The molecule has 100 heavy (non-hydrogen) atoms. The number of benzene rings is 6. The summed E-state index contributed by atoms with van der Waals surface area (Å²) in [5.41, 5.74) is 38.2. The van der Waals surface area contributed by atoms with Crippen molar-refractivity contribution >= 4 is 0 Å². The maximum Gasteiger partial charge on any atom is 0.215 e. The molecule has 0 amide bonds. The molecule has 0 aliphatic rings. The zero-order chi connectivity index (χ0) is 81.2. The van der Waals surface area contributed by atoms with Gasteiger partial charge in [-0.25, -0.2) is 9.13 Å². The van der Waals surface area contributed by atoms with Gasteiger partial charge in [-0.05, 0) is 252 Å². The van der Waals surface area contributed by atoms with Crippen LogP contribution < -0.4 is 27.4 Å². The van der Waals surface area contributed by atoms with E-state index in [4.69, 9.17) is 12.3 Å². The van der Waals surface area contributed by atoms with Crippen LogP contribution in [0.5, 0.6) is 0 Å². The number of aryl methyl sites for hydroxylation is 14.